The molecule has 0 saturated heterocycles. The molecule has 4 nitrogen and oxygen atoms in total. The van der Waals surface area contributed by atoms with Crippen LogP contribution in [0.5, 0.6) is 11.5 Å². The SMILES string of the molecule is O=C1CCCC2=C1C(c1ccc(Br)s1)c1cc3c(cc1N2)OCO3. The average molecular weight is 404 g/mol. The Hall–Kier alpha value is -1.79. The van der Waals surface area contributed by atoms with Crippen molar-refractivity contribution >= 4 is 38.7 Å². The Kier molecular flexibility index (Phi) is 3.25. The Morgan fingerprint density at radius 3 is 2.79 bits per heavy atom. The van der Waals surface area contributed by atoms with Gasteiger partial charge < -0.3 is 14.8 Å². The van der Waals surface area contributed by atoms with E-state index in [0.29, 0.717) is 6.42 Å². The van der Waals surface area contributed by atoms with Crippen LogP contribution < -0.4 is 14.8 Å². The summed E-state index contributed by atoms with van der Waals surface area (Å²) in [5, 5.41) is 3.48. The lowest BCUT2D eigenvalue weighted by Crippen LogP contribution is -2.26. The number of thiophene rings is 1. The van der Waals surface area contributed by atoms with Crippen LogP contribution in [0.2, 0.25) is 0 Å². The van der Waals surface area contributed by atoms with Gasteiger partial charge in [0.05, 0.1) is 9.70 Å². The molecular formula is C18H14BrNO3S. The number of ether oxygens (including phenoxy) is 2. The molecule has 0 spiro atoms. The van der Waals surface area contributed by atoms with Gasteiger partial charge in [0.25, 0.3) is 0 Å². The van der Waals surface area contributed by atoms with Crippen LogP contribution in [-0.4, -0.2) is 12.6 Å². The van der Waals surface area contributed by atoms with Crippen molar-refractivity contribution in [1.82, 2.24) is 0 Å². The fourth-order valence-electron chi connectivity index (χ4n) is 3.73. The second-order valence-corrected chi connectivity index (χ2v) is 8.66. The van der Waals surface area contributed by atoms with E-state index in [1.807, 2.05) is 18.2 Å². The number of rotatable bonds is 1. The zero-order valence-corrected chi connectivity index (χ0v) is 15.1. The first kappa shape index (κ1) is 14.5. The van der Waals surface area contributed by atoms with Crippen LogP contribution in [0.25, 0.3) is 0 Å². The fraction of sp³-hybridized carbons (Fsp3) is 0.278. The van der Waals surface area contributed by atoms with E-state index < -0.39 is 0 Å². The lowest BCUT2D eigenvalue weighted by Gasteiger charge is -2.33. The van der Waals surface area contributed by atoms with Gasteiger partial charge in [-0.15, -0.1) is 11.3 Å². The molecule has 1 atom stereocenters. The number of fused-ring (bicyclic) bond motifs is 2. The molecule has 2 aliphatic heterocycles. The minimum atomic E-state index is -0.0325. The van der Waals surface area contributed by atoms with E-state index in [0.717, 1.165) is 50.6 Å². The summed E-state index contributed by atoms with van der Waals surface area (Å²) in [6.07, 6.45) is 2.45. The summed E-state index contributed by atoms with van der Waals surface area (Å²) in [5.41, 5.74) is 4.08. The molecule has 1 N–H and O–H groups in total. The van der Waals surface area contributed by atoms with Gasteiger partial charge in [-0.1, -0.05) is 0 Å². The van der Waals surface area contributed by atoms with E-state index in [9.17, 15) is 4.79 Å². The van der Waals surface area contributed by atoms with Gasteiger partial charge in [0.15, 0.2) is 17.3 Å². The molecule has 0 fully saturated rings. The Labute approximate surface area is 151 Å². The lowest BCUT2D eigenvalue weighted by atomic mass is 9.78. The molecule has 6 heteroatoms. The van der Waals surface area contributed by atoms with Gasteiger partial charge in [0.2, 0.25) is 6.79 Å². The maximum atomic E-state index is 12.7. The van der Waals surface area contributed by atoms with Crippen LogP contribution in [0.4, 0.5) is 5.69 Å². The minimum absolute atomic E-state index is 0.0325. The highest BCUT2D eigenvalue weighted by atomic mass is 79.9. The molecule has 1 aromatic carbocycles. The summed E-state index contributed by atoms with van der Waals surface area (Å²) in [6, 6.07) is 8.17. The minimum Gasteiger partial charge on any atom is -0.454 e. The molecule has 3 heterocycles. The first-order valence-corrected chi connectivity index (χ1v) is 9.53. The number of hydrogen-bond acceptors (Lipinski definition) is 5. The third-order valence-corrected chi connectivity index (χ3v) is 6.45. The number of anilines is 1. The van der Waals surface area contributed by atoms with Crippen LogP contribution in [0.3, 0.4) is 0 Å². The fourth-order valence-corrected chi connectivity index (χ4v) is 5.28. The van der Waals surface area contributed by atoms with Crippen molar-refractivity contribution in [2.75, 3.05) is 12.1 Å². The predicted octanol–water partition coefficient (Wildman–Crippen LogP) is 4.80. The van der Waals surface area contributed by atoms with Crippen molar-refractivity contribution in [3.8, 4) is 11.5 Å². The molecule has 5 rings (SSSR count). The molecule has 24 heavy (non-hydrogen) atoms. The summed E-state index contributed by atoms with van der Waals surface area (Å²) < 4.78 is 12.1. The van der Waals surface area contributed by atoms with Gasteiger partial charge in [-0.05, 0) is 52.5 Å². The number of carbonyl (C=O) groups excluding carboxylic acids is 1. The highest BCUT2D eigenvalue weighted by Gasteiger charge is 2.37. The molecule has 0 radical (unpaired) electrons. The second kappa shape index (κ2) is 5.36. The van der Waals surface area contributed by atoms with E-state index >= 15 is 0 Å². The number of ketones is 1. The highest BCUT2D eigenvalue weighted by Crippen LogP contribution is 2.50. The van der Waals surface area contributed by atoms with Crippen molar-refractivity contribution in [3.05, 3.63) is 49.8 Å². The van der Waals surface area contributed by atoms with E-state index in [1.54, 1.807) is 11.3 Å². The maximum absolute atomic E-state index is 12.7. The number of halogens is 1. The normalized spacial score (nSPS) is 21.4. The number of nitrogens with one attached hydrogen (secondary N) is 1. The summed E-state index contributed by atoms with van der Waals surface area (Å²) in [4.78, 5) is 13.9. The molecule has 122 valence electrons. The van der Waals surface area contributed by atoms with E-state index in [2.05, 4.69) is 27.3 Å². The van der Waals surface area contributed by atoms with Crippen LogP contribution in [0, 0.1) is 0 Å². The van der Waals surface area contributed by atoms with Crippen molar-refractivity contribution in [2.24, 2.45) is 0 Å². The van der Waals surface area contributed by atoms with Gasteiger partial charge in [-0.25, -0.2) is 0 Å². The summed E-state index contributed by atoms with van der Waals surface area (Å²) in [7, 11) is 0. The topological polar surface area (TPSA) is 47.6 Å². The summed E-state index contributed by atoms with van der Waals surface area (Å²) >= 11 is 5.23. The Morgan fingerprint density at radius 1 is 1.17 bits per heavy atom. The third-order valence-electron chi connectivity index (χ3n) is 4.76. The smallest absolute Gasteiger partial charge is 0.231 e. The number of carbonyl (C=O) groups is 1. The number of allylic oxidation sites excluding steroid dienone is 2. The zero-order valence-electron chi connectivity index (χ0n) is 12.7. The number of Topliss-reactive ketones (excluding diaryl/α,β-unsaturated/α-hetero) is 1. The molecule has 1 unspecified atom stereocenters. The average Bonchev–Trinajstić information content (AvgIpc) is 3.19. The standard InChI is InChI=1S/C18H14BrNO3S/c19-16-5-4-15(24-16)17-9-6-13-14(23-8-22-13)7-11(9)20-10-2-1-3-12(21)18(10)17/h4-7,17,20H,1-3,8H2. The molecule has 2 aromatic rings. The van der Waals surface area contributed by atoms with Gasteiger partial charge in [-0.3, -0.25) is 4.79 Å². The van der Waals surface area contributed by atoms with E-state index in [4.69, 9.17) is 9.47 Å². The van der Waals surface area contributed by atoms with Gasteiger partial charge in [0.1, 0.15) is 0 Å². The largest absolute Gasteiger partial charge is 0.454 e. The van der Waals surface area contributed by atoms with E-state index in [1.165, 1.54) is 4.88 Å². The van der Waals surface area contributed by atoms with Gasteiger partial charge in [0, 0.05) is 34.3 Å². The first-order chi connectivity index (χ1) is 11.7. The van der Waals surface area contributed by atoms with Crippen LogP contribution in [-0.2, 0) is 4.79 Å². The van der Waals surface area contributed by atoms with Crippen LogP contribution in [0.1, 0.15) is 35.6 Å². The quantitative estimate of drug-likeness (QED) is 0.742. The van der Waals surface area contributed by atoms with Crippen molar-refractivity contribution in [2.45, 2.75) is 25.2 Å². The highest BCUT2D eigenvalue weighted by molar-refractivity contribution is 9.11. The Bertz CT molecular complexity index is 902. The van der Waals surface area contributed by atoms with Crippen molar-refractivity contribution < 1.29 is 14.3 Å². The first-order valence-electron chi connectivity index (χ1n) is 7.93. The zero-order chi connectivity index (χ0) is 16.3. The van der Waals surface area contributed by atoms with Crippen molar-refractivity contribution in [1.29, 1.82) is 0 Å². The third kappa shape index (κ3) is 2.13. The molecular weight excluding hydrogens is 390 g/mol. The van der Waals surface area contributed by atoms with Gasteiger partial charge in [-0.2, -0.15) is 0 Å². The molecule has 1 aromatic heterocycles. The molecule has 0 amide bonds. The summed E-state index contributed by atoms with van der Waals surface area (Å²) in [6.45, 7) is 0.250. The maximum Gasteiger partial charge on any atom is 0.231 e. The molecule has 0 saturated carbocycles. The Balaban J connectivity index is 1.74. The molecule has 0 bridgehead atoms. The van der Waals surface area contributed by atoms with Gasteiger partial charge >= 0.3 is 0 Å². The predicted molar refractivity (Wildman–Crippen MR) is 95.9 cm³/mol. The van der Waals surface area contributed by atoms with E-state index in [-0.39, 0.29) is 18.5 Å². The van der Waals surface area contributed by atoms with Crippen LogP contribution >= 0.6 is 27.3 Å². The number of hydrogen-bond donors (Lipinski definition) is 1. The van der Waals surface area contributed by atoms with Crippen LogP contribution in [0.15, 0.2) is 39.3 Å². The second-order valence-electron chi connectivity index (χ2n) is 6.16. The summed E-state index contributed by atoms with van der Waals surface area (Å²) in [5.74, 6) is 1.73. The molecule has 1 aliphatic carbocycles. The molecule has 3 aliphatic rings. The van der Waals surface area contributed by atoms with Crippen molar-refractivity contribution in [3.63, 3.8) is 0 Å². The lowest BCUT2D eigenvalue weighted by molar-refractivity contribution is -0.116. The monoisotopic (exact) mass is 403 g/mol. The Morgan fingerprint density at radius 2 is 2.00 bits per heavy atom. The number of benzene rings is 1.